The predicted octanol–water partition coefficient (Wildman–Crippen LogP) is 4.27. The van der Waals surface area contributed by atoms with Crippen LogP contribution in [0.1, 0.15) is 36.0 Å². The molecule has 0 aromatic heterocycles. The van der Waals surface area contributed by atoms with Crippen molar-refractivity contribution in [3.05, 3.63) is 59.2 Å². The van der Waals surface area contributed by atoms with Crippen LogP contribution >= 0.6 is 0 Å². The Kier molecular flexibility index (Phi) is 5.82. The molecule has 0 radical (unpaired) electrons. The quantitative estimate of drug-likeness (QED) is 0.711. The van der Waals surface area contributed by atoms with Crippen LogP contribution in [0.15, 0.2) is 42.5 Å². The number of aryl methyl sites for hydroxylation is 2. The molecule has 1 aliphatic carbocycles. The summed E-state index contributed by atoms with van der Waals surface area (Å²) < 4.78 is 11.1. The molecule has 138 valence electrons. The topological polar surface area (TPSA) is 38.8 Å². The first-order valence-corrected chi connectivity index (χ1v) is 9.20. The largest absolute Gasteiger partial charge is 0.497 e. The zero-order valence-electron chi connectivity index (χ0n) is 15.8. The van der Waals surface area contributed by atoms with Gasteiger partial charge in [0.05, 0.1) is 20.1 Å². The molecular weight excluding hydrogens is 326 g/mol. The van der Waals surface area contributed by atoms with Crippen LogP contribution in [0.4, 0.5) is 0 Å². The summed E-state index contributed by atoms with van der Waals surface area (Å²) in [7, 11) is 1.66. The minimum absolute atomic E-state index is 0.162. The van der Waals surface area contributed by atoms with E-state index in [-0.39, 0.29) is 5.91 Å². The van der Waals surface area contributed by atoms with E-state index in [0.29, 0.717) is 25.6 Å². The normalized spacial score (nSPS) is 13.3. The standard InChI is InChI=1S/C22H27NO3/c1-16-5-4-6-17(2)22(16)26-14-13-21(24)23(19-9-10-19)15-18-7-11-20(25-3)12-8-18/h4-8,11-12,19H,9-10,13-15H2,1-3H3. The molecule has 0 saturated heterocycles. The second kappa shape index (κ2) is 8.26. The van der Waals surface area contributed by atoms with Gasteiger partial charge in [0.1, 0.15) is 11.5 Å². The molecule has 0 bridgehead atoms. The molecule has 1 amide bonds. The first-order valence-electron chi connectivity index (χ1n) is 9.20. The molecule has 2 aromatic rings. The van der Waals surface area contributed by atoms with E-state index in [4.69, 9.17) is 9.47 Å². The SMILES string of the molecule is COc1ccc(CN(C(=O)CCOc2c(C)cccc2C)C2CC2)cc1. The third-order valence-corrected chi connectivity index (χ3v) is 4.79. The van der Waals surface area contributed by atoms with Crippen molar-refractivity contribution < 1.29 is 14.3 Å². The van der Waals surface area contributed by atoms with E-state index >= 15 is 0 Å². The summed E-state index contributed by atoms with van der Waals surface area (Å²) in [6, 6.07) is 14.4. The lowest BCUT2D eigenvalue weighted by Gasteiger charge is -2.23. The van der Waals surface area contributed by atoms with E-state index in [2.05, 4.69) is 0 Å². The van der Waals surface area contributed by atoms with Gasteiger partial charge in [-0.05, 0) is 55.5 Å². The summed E-state index contributed by atoms with van der Waals surface area (Å²) in [6.07, 6.45) is 2.60. The summed E-state index contributed by atoms with van der Waals surface area (Å²) in [4.78, 5) is 14.7. The Bertz CT molecular complexity index is 730. The fraction of sp³-hybridized carbons (Fsp3) is 0.409. The van der Waals surface area contributed by atoms with Crippen molar-refractivity contribution in [2.24, 2.45) is 0 Å². The summed E-state index contributed by atoms with van der Waals surface area (Å²) in [5.41, 5.74) is 3.34. The van der Waals surface area contributed by atoms with Crippen molar-refractivity contribution in [2.75, 3.05) is 13.7 Å². The van der Waals surface area contributed by atoms with Crippen molar-refractivity contribution in [3.8, 4) is 11.5 Å². The van der Waals surface area contributed by atoms with E-state index < -0.39 is 0 Å². The fourth-order valence-electron chi connectivity index (χ4n) is 3.15. The Labute approximate surface area is 155 Å². The minimum Gasteiger partial charge on any atom is -0.497 e. The summed E-state index contributed by atoms with van der Waals surface area (Å²) >= 11 is 0. The monoisotopic (exact) mass is 353 g/mol. The van der Waals surface area contributed by atoms with Gasteiger partial charge in [-0.15, -0.1) is 0 Å². The van der Waals surface area contributed by atoms with Gasteiger partial charge in [-0.2, -0.15) is 0 Å². The molecular formula is C22H27NO3. The highest BCUT2D eigenvalue weighted by molar-refractivity contribution is 5.77. The second-order valence-corrected chi connectivity index (χ2v) is 6.92. The number of para-hydroxylation sites is 1. The number of rotatable bonds is 8. The van der Waals surface area contributed by atoms with Gasteiger partial charge in [-0.1, -0.05) is 30.3 Å². The second-order valence-electron chi connectivity index (χ2n) is 6.92. The average molecular weight is 353 g/mol. The van der Waals surface area contributed by atoms with E-state index in [0.717, 1.165) is 41.0 Å². The van der Waals surface area contributed by atoms with Gasteiger partial charge < -0.3 is 14.4 Å². The molecule has 0 N–H and O–H groups in total. The Morgan fingerprint density at radius 1 is 1.08 bits per heavy atom. The highest BCUT2D eigenvalue weighted by Gasteiger charge is 2.32. The maximum atomic E-state index is 12.7. The van der Waals surface area contributed by atoms with Crippen molar-refractivity contribution in [2.45, 2.75) is 45.7 Å². The molecule has 0 atom stereocenters. The van der Waals surface area contributed by atoms with Crippen LogP contribution in [0.5, 0.6) is 11.5 Å². The molecule has 3 rings (SSSR count). The third kappa shape index (κ3) is 4.57. The number of benzene rings is 2. The van der Waals surface area contributed by atoms with Crippen LogP contribution < -0.4 is 9.47 Å². The maximum Gasteiger partial charge on any atom is 0.226 e. The molecule has 2 aromatic carbocycles. The lowest BCUT2D eigenvalue weighted by Crippen LogP contribution is -2.33. The van der Waals surface area contributed by atoms with Crippen molar-refractivity contribution >= 4 is 5.91 Å². The maximum absolute atomic E-state index is 12.7. The third-order valence-electron chi connectivity index (χ3n) is 4.79. The molecule has 1 saturated carbocycles. The van der Waals surface area contributed by atoms with Crippen molar-refractivity contribution in [1.29, 1.82) is 0 Å². The van der Waals surface area contributed by atoms with Gasteiger partial charge in [0.25, 0.3) is 0 Å². The predicted molar refractivity (Wildman–Crippen MR) is 103 cm³/mol. The van der Waals surface area contributed by atoms with E-state index in [1.165, 1.54) is 0 Å². The van der Waals surface area contributed by atoms with Crippen LogP contribution in [-0.4, -0.2) is 30.6 Å². The molecule has 4 nitrogen and oxygen atoms in total. The van der Waals surface area contributed by atoms with Crippen LogP contribution in [0.25, 0.3) is 0 Å². The minimum atomic E-state index is 0.162. The molecule has 0 unspecified atom stereocenters. The van der Waals surface area contributed by atoms with E-state index in [1.807, 2.05) is 61.2 Å². The lowest BCUT2D eigenvalue weighted by molar-refractivity contribution is -0.132. The summed E-state index contributed by atoms with van der Waals surface area (Å²) in [6.45, 7) is 5.13. The van der Waals surface area contributed by atoms with Gasteiger partial charge >= 0.3 is 0 Å². The Morgan fingerprint density at radius 2 is 1.73 bits per heavy atom. The highest BCUT2D eigenvalue weighted by Crippen LogP contribution is 2.29. The van der Waals surface area contributed by atoms with Crippen LogP contribution in [0.3, 0.4) is 0 Å². The number of hydrogen-bond donors (Lipinski definition) is 0. The Hall–Kier alpha value is -2.49. The van der Waals surface area contributed by atoms with Crippen LogP contribution in [0, 0.1) is 13.8 Å². The fourth-order valence-corrected chi connectivity index (χ4v) is 3.15. The Morgan fingerprint density at radius 3 is 2.31 bits per heavy atom. The number of ether oxygens (including phenoxy) is 2. The zero-order chi connectivity index (χ0) is 18.5. The first-order chi connectivity index (χ1) is 12.6. The van der Waals surface area contributed by atoms with E-state index in [1.54, 1.807) is 7.11 Å². The molecule has 0 heterocycles. The van der Waals surface area contributed by atoms with Gasteiger partial charge in [0.2, 0.25) is 5.91 Å². The molecule has 0 aliphatic heterocycles. The molecule has 4 heteroatoms. The molecule has 26 heavy (non-hydrogen) atoms. The van der Waals surface area contributed by atoms with Gasteiger partial charge in [-0.3, -0.25) is 4.79 Å². The zero-order valence-corrected chi connectivity index (χ0v) is 15.8. The van der Waals surface area contributed by atoms with Crippen LogP contribution in [0.2, 0.25) is 0 Å². The number of carbonyl (C=O) groups excluding carboxylic acids is 1. The van der Waals surface area contributed by atoms with E-state index in [9.17, 15) is 4.79 Å². The summed E-state index contributed by atoms with van der Waals surface area (Å²) in [5.74, 6) is 1.89. The number of hydrogen-bond acceptors (Lipinski definition) is 3. The number of amides is 1. The molecule has 0 spiro atoms. The molecule has 1 aliphatic rings. The highest BCUT2D eigenvalue weighted by atomic mass is 16.5. The van der Waals surface area contributed by atoms with Gasteiger partial charge in [-0.25, -0.2) is 0 Å². The number of nitrogens with zero attached hydrogens (tertiary/aromatic N) is 1. The van der Waals surface area contributed by atoms with Crippen molar-refractivity contribution in [3.63, 3.8) is 0 Å². The smallest absolute Gasteiger partial charge is 0.226 e. The Balaban J connectivity index is 1.57. The number of carbonyl (C=O) groups is 1. The summed E-state index contributed by atoms with van der Waals surface area (Å²) in [5, 5.41) is 0. The van der Waals surface area contributed by atoms with Crippen LogP contribution in [-0.2, 0) is 11.3 Å². The first kappa shape index (κ1) is 18.3. The van der Waals surface area contributed by atoms with Crippen molar-refractivity contribution in [1.82, 2.24) is 4.90 Å². The average Bonchev–Trinajstić information content (AvgIpc) is 3.47. The van der Waals surface area contributed by atoms with Gasteiger partial charge in [0, 0.05) is 12.6 Å². The van der Waals surface area contributed by atoms with Gasteiger partial charge in [0.15, 0.2) is 0 Å². The number of methoxy groups -OCH3 is 1. The lowest BCUT2D eigenvalue weighted by atomic mass is 10.1. The molecule has 1 fully saturated rings.